The number of benzene rings is 2. The molecule has 0 unspecified atom stereocenters. The lowest BCUT2D eigenvalue weighted by Gasteiger charge is -2.15. The quantitative estimate of drug-likeness (QED) is 0.231. The number of amides is 1. The standard InChI is InChI=1S/C27H24N6O5/c1-37-26-18(4-3-9-29-26)15-6-8-23(34)19(10-15)24-31-20-7-5-16(11-21(20)32-24)25(35)33-22(27(36)38-2)12-17-13-28-14-30-17/h3-11,13-14,22,34H,12H2,1-2H3,(H,28,30)(H,31,32)(H,33,35)/t22-/m0/s1. The number of hydrogen-bond donors (Lipinski definition) is 4. The lowest BCUT2D eigenvalue weighted by Crippen LogP contribution is -2.43. The van der Waals surface area contributed by atoms with Gasteiger partial charge in [0.25, 0.3) is 5.91 Å². The van der Waals surface area contributed by atoms with Crippen LogP contribution in [0.2, 0.25) is 0 Å². The van der Waals surface area contributed by atoms with Crippen molar-refractivity contribution in [2.45, 2.75) is 12.5 Å². The number of fused-ring (bicyclic) bond motifs is 1. The third-order valence-corrected chi connectivity index (χ3v) is 6.03. The van der Waals surface area contributed by atoms with E-state index < -0.39 is 17.9 Å². The summed E-state index contributed by atoms with van der Waals surface area (Å²) in [6, 6.07) is 12.8. The predicted molar refractivity (Wildman–Crippen MR) is 139 cm³/mol. The minimum absolute atomic E-state index is 0.0351. The molecular formula is C27H24N6O5. The molecule has 3 aromatic heterocycles. The first-order valence-corrected chi connectivity index (χ1v) is 11.7. The number of carbonyl (C=O) groups is 2. The van der Waals surface area contributed by atoms with Crippen LogP contribution >= 0.6 is 0 Å². The van der Waals surface area contributed by atoms with E-state index in [9.17, 15) is 14.7 Å². The first-order chi connectivity index (χ1) is 18.5. The number of hydrogen-bond acceptors (Lipinski definition) is 8. The van der Waals surface area contributed by atoms with Gasteiger partial charge in [0.15, 0.2) is 0 Å². The van der Waals surface area contributed by atoms with Crippen LogP contribution in [0.15, 0.2) is 67.3 Å². The van der Waals surface area contributed by atoms with E-state index in [1.165, 1.54) is 13.4 Å². The summed E-state index contributed by atoms with van der Waals surface area (Å²) in [6.45, 7) is 0. The molecule has 2 aromatic carbocycles. The van der Waals surface area contributed by atoms with Crippen LogP contribution in [0.1, 0.15) is 16.1 Å². The molecule has 1 atom stereocenters. The Hall–Kier alpha value is -5.19. The summed E-state index contributed by atoms with van der Waals surface area (Å²) < 4.78 is 10.2. The highest BCUT2D eigenvalue weighted by Gasteiger charge is 2.24. The Morgan fingerprint density at radius 2 is 1.95 bits per heavy atom. The number of carbonyl (C=O) groups excluding carboxylic acids is 2. The second kappa shape index (κ2) is 10.4. The summed E-state index contributed by atoms with van der Waals surface area (Å²) in [5.74, 6) is -0.124. The number of phenols is 1. The van der Waals surface area contributed by atoms with E-state index in [0.29, 0.717) is 39.6 Å². The number of aromatic nitrogens is 5. The number of phenolic OH excluding ortho intramolecular Hbond substituents is 1. The van der Waals surface area contributed by atoms with Crippen LogP contribution in [0, 0.1) is 0 Å². The molecule has 0 radical (unpaired) electrons. The van der Waals surface area contributed by atoms with Gasteiger partial charge in [0.05, 0.1) is 42.8 Å². The molecule has 0 aliphatic heterocycles. The summed E-state index contributed by atoms with van der Waals surface area (Å²) in [4.78, 5) is 44.2. The fourth-order valence-corrected chi connectivity index (χ4v) is 4.13. The molecule has 5 rings (SSSR count). The zero-order valence-electron chi connectivity index (χ0n) is 20.6. The highest BCUT2D eigenvalue weighted by atomic mass is 16.5. The van der Waals surface area contributed by atoms with E-state index in [1.54, 1.807) is 62.0 Å². The Bertz CT molecular complexity index is 1610. The molecule has 4 N–H and O–H groups in total. The monoisotopic (exact) mass is 512 g/mol. The lowest BCUT2D eigenvalue weighted by molar-refractivity contribution is -0.142. The van der Waals surface area contributed by atoms with Crippen LogP contribution in [-0.2, 0) is 16.0 Å². The topological polar surface area (TPSA) is 155 Å². The maximum Gasteiger partial charge on any atom is 0.328 e. The number of rotatable bonds is 8. The van der Waals surface area contributed by atoms with E-state index >= 15 is 0 Å². The molecule has 0 saturated heterocycles. The van der Waals surface area contributed by atoms with Gasteiger partial charge in [-0.25, -0.2) is 19.7 Å². The van der Waals surface area contributed by atoms with Crippen LogP contribution in [-0.4, -0.2) is 62.2 Å². The molecule has 0 bridgehead atoms. The van der Waals surface area contributed by atoms with Crippen LogP contribution in [0.3, 0.4) is 0 Å². The Balaban J connectivity index is 1.43. The molecule has 3 heterocycles. The van der Waals surface area contributed by atoms with Gasteiger partial charge in [0.1, 0.15) is 17.6 Å². The maximum atomic E-state index is 13.0. The van der Waals surface area contributed by atoms with Gasteiger partial charge in [0.2, 0.25) is 5.88 Å². The number of methoxy groups -OCH3 is 2. The summed E-state index contributed by atoms with van der Waals surface area (Å²) in [7, 11) is 2.81. The number of ether oxygens (including phenoxy) is 2. The number of esters is 1. The Morgan fingerprint density at radius 1 is 1.08 bits per heavy atom. The molecule has 0 aliphatic rings. The van der Waals surface area contributed by atoms with Crippen molar-refractivity contribution >= 4 is 22.9 Å². The van der Waals surface area contributed by atoms with Crippen molar-refractivity contribution in [3.63, 3.8) is 0 Å². The smallest absolute Gasteiger partial charge is 0.328 e. The third kappa shape index (κ3) is 4.89. The van der Waals surface area contributed by atoms with Crippen molar-refractivity contribution in [3.05, 3.63) is 78.5 Å². The van der Waals surface area contributed by atoms with Crippen molar-refractivity contribution in [1.29, 1.82) is 0 Å². The molecular weight excluding hydrogens is 488 g/mol. The summed E-state index contributed by atoms with van der Waals surface area (Å²) in [5.41, 5.74) is 4.12. The second-order valence-electron chi connectivity index (χ2n) is 8.42. The number of nitrogens with zero attached hydrogens (tertiary/aromatic N) is 3. The number of pyridine rings is 1. The average Bonchev–Trinajstić information content (AvgIpc) is 3.62. The van der Waals surface area contributed by atoms with Crippen molar-refractivity contribution < 1.29 is 24.2 Å². The van der Waals surface area contributed by atoms with Gasteiger partial charge in [-0.1, -0.05) is 6.07 Å². The highest BCUT2D eigenvalue weighted by Crippen LogP contribution is 2.35. The number of nitrogens with one attached hydrogen (secondary N) is 3. The van der Waals surface area contributed by atoms with E-state index in [0.717, 1.165) is 11.1 Å². The molecule has 0 spiro atoms. The van der Waals surface area contributed by atoms with Gasteiger partial charge in [-0.3, -0.25) is 4.79 Å². The predicted octanol–water partition coefficient (Wildman–Crippen LogP) is 3.24. The Kier molecular flexibility index (Phi) is 6.72. The number of H-pyrrole nitrogens is 2. The molecule has 11 nitrogen and oxygen atoms in total. The second-order valence-corrected chi connectivity index (χ2v) is 8.42. The Morgan fingerprint density at radius 3 is 2.71 bits per heavy atom. The molecule has 0 saturated carbocycles. The third-order valence-electron chi connectivity index (χ3n) is 6.03. The Labute approximate surface area is 216 Å². The maximum absolute atomic E-state index is 13.0. The van der Waals surface area contributed by atoms with Crippen LogP contribution < -0.4 is 10.1 Å². The fraction of sp³-hybridized carbons (Fsp3) is 0.148. The first kappa shape index (κ1) is 24.5. The molecule has 38 heavy (non-hydrogen) atoms. The zero-order valence-corrected chi connectivity index (χ0v) is 20.6. The van der Waals surface area contributed by atoms with Gasteiger partial charge >= 0.3 is 5.97 Å². The van der Waals surface area contributed by atoms with Gasteiger partial charge in [-0.2, -0.15) is 0 Å². The fourth-order valence-electron chi connectivity index (χ4n) is 4.13. The normalized spacial score (nSPS) is 11.7. The molecule has 192 valence electrons. The lowest BCUT2D eigenvalue weighted by atomic mass is 10.0. The zero-order chi connectivity index (χ0) is 26.6. The highest BCUT2D eigenvalue weighted by molar-refractivity contribution is 5.99. The number of aromatic amines is 2. The van der Waals surface area contributed by atoms with Gasteiger partial charge in [-0.05, 0) is 48.0 Å². The molecule has 5 aromatic rings. The van der Waals surface area contributed by atoms with E-state index in [2.05, 4.69) is 30.2 Å². The van der Waals surface area contributed by atoms with Gasteiger partial charge in [-0.15, -0.1) is 0 Å². The molecule has 0 fully saturated rings. The minimum Gasteiger partial charge on any atom is -0.507 e. The molecule has 1 amide bonds. The van der Waals surface area contributed by atoms with Crippen LogP contribution in [0.4, 0.5) is 0 Å². The van der Waals surface area contributed by atoms with Crippen LogP contribution in [0.25, 0.3) is 33.5 Å². The van der Waals surface area contributed by atoms with Crippen molar-refractivity contribution in [2.24, 2.45) is 0 Å². The molecule has 0 aliphatic carbocycles. The largest absolute Gasteiger partial charge is 0.507 e. The molecule has 11 heteroatoms. The summed E-state index contributed by atoms with van der Waals surface area (Å²) in [6.07, 6.45) is 4.96. The number of aromatic hydroxyl groups is 1. The van der Waals surface area contributed by atoms with E-state index in [1.807, 2.05) is 6.07 Å². The minimum atomic E-state index is -0.912. The van der Waals surface area contributed by atoms with Gasteiger partial charge < -0.3 is 29.9 Å². The van der Waals surface area contributed by atoms with Crippen LogP contribution in [0.5, 0.6) is 11.6 Å². The van der Waals surface area contributed by atoms with Gasteiger partial charge in [0, 0.05) is 29.9 Å². The van der Waals surface area contributed by atoms with E-state index in [4.69, 9.17) is 9.47 Å². The van der Waals surface area contributed by atoms with E-state index in [-0.39, 0.29) is 12.2 Å². The summed E-state index contributed by atoms with van der Waals surface area (Å²) in [5, 5.41) is 13.3. The van der Waals surface area contributed by atoms with Crippen molar-refractivity contribution in [3.8, 4) is 34.1 Å². The first-order valence-electron chi connectivity index (χ1n) is 11.7. The van der Waals surface area contributed by atoms with Crippen molar-refractivity contribution in [1.82, 2.24) is 30.2 Å². The van der Waals surface area contributed by atoms with Crippen molar-refractivity contribution in [2.75, 3.05) is 14.2 Å². The SMILES string of the molecule is COC(=O)[C@H](Cc1c[nH]cn1)NC(=O)c1ccc2[nH]c(-c3cc(-c4cccnc4OC)ccc3O)nc2c1. The average molecular weight is 513 g/mol. The number of imidazole rings is 2. The summed E-state index contributed by atoms with van der Waals surface area (Å²) >= 11 is 0.